The van der Waals surface area contributed by atoms with Gasteiger partial charge in [0.2, 0.25) is 5.91 Å². The summed E-state index contributed by atoms with van der Waals surface area (Å²) in [6, 6.07) is 7.08. The maximum atomic E-state index is 12.4. The summed E-state index contributed by atoms with van der Waals surface area (Å²) in [6.45, 7) is 1.44. The lowest BCUT2D eigenvalue weighted by Crippen LogP contribution is -2.44. The number of ketones is 1. The van der Waals surface area contributed by atoms with E-state index in [2.05, 4.69) is 0 Å². The van der Waals surface area contributed by atoms with Gasteiger partial charge in [0.25, 0.3) is 0 Å². The van der Waals surface area contributed by atoms with Crippen LogP contribution in [-0.2, 0) is 4.79 Å². The molecule has 0 aromatic heterocycles. The van der Waals surface area contributed by atoms with Crippen LogP contribution in [0.25, 0.3) is 0 Å². The van der Waals surface area contributed by atoms with Crippen molar-refractivity contribution >= 4 is 23.3 Å². The lowest BCUT2D eigenvalue weighted by Gasteiger charge is -2.36. The van der Waals surface area contributed by atoms with E-state index < -0.39 is 0 Å². The van der Waals surface area contributed by atoms with Crippen molar-refractivity contribution in [2.45, 2.75) is 32.1 Å². The first-order valence-corrected chi connectivity index (χ1v) is 8.11. The Balaban J connectivity index is 1.56. The van der Waals surface area contributed by atoms with E-state index in [1.807, 2.05) is 4.90 Å². The molecule has 3 nitrogen and oxygen atoms in total. The van der Waals surface area contributed by atoms with Crippen molar-refractivity contribution < 1.29 is 9.59 Å². The van der Waals surface area contributed by atoms with Gasteiger partial charge in [0, 0.05) is 35.5 Å². The molecule has 4 heteroatoms. The number of piperidine rings is 1. The van der Waals surface area contributed by atoms with Crippen LogP contribution in [0.1, 0.15) is 42.5 Å². The average molecular weight is 306 g/mol. The third-order valence-corrected chi connectivity index (χ3v) is 5.01. The highest BCUT2D eigenvalue weighted by atomic mass is 35.5. The van der Waals surface area contributed by atoms with Gasteiger partial charge in [-0.15, -0.1) is 0 Å². The first-order valence-electron chi connectivity index (χ1n) is 7.74. The highest BCUT2D eigenvalue weighted by Crippen LogP contribution is 2.30. The molecule has 21 heavy (non-hydrogen) atoms. The van der Waals surface area contributed by atoms with Gasteiger partial charge in [0.1, 0.15) is 0 Å². The Hall–Kier alpha value is -1.35. The Morgan fingerprint density at radius 1 is 0.952 bits per heavy atom. The molecule has 1 aromatic rings. The van der Waals surface area contributed by atoms with E-state index in [0.717, 1.165) is 44.3 Å². The average Bonchev–Trinajstić information content (AvgIpc) is 2.46. The zero-order valence-electron chi connectivity index (χ0n) is 12.1. The number of Topliss-reactive ketones (excluding diaryl/α,β-unsaturated/α-hetero) is 1. The minimum Gasteiger partial charge on any atom is -0.342 e. The number of carbonyl (C=O) groups is 2. The molecule has 1 aromatic carbocycles. The monoisotopic (exact) mass is 305 g/mol. The number of nitrogens with zero attached hydrogens (tertiary/aromatic N) is 1. The molecule has 0 atom stereocenters. The van der Waals surface area contributed by atoms with Gasteiger partial charge in [-0.3, -0.25) is 9.59 Å². The van der Waals surface area contributed by atoms with Crippen molar-refractivity contribution in [1.29, 1.82) is 0 Å². The largest absolute Gasteiger partial charge is 0.342 e. The molecule has 0 bridgehead atoms. The van der Waals surface area contributed by atoms with Crippen molar-refractivity contribution in [3.8, 4) is 0 Å². The Morgan fingerprint density at radius 3 is 2.10 bits per heavy atom. The van der Waals surface area contributed by atoms with Gasteiger partial charge in [-0.2, -0.15) is 0 Å². The van der Waals surface area contributed by atoms with Crippen LogP contribution in [0.15, 0.2) is 24.3 Å². The van der Waals surface area contributed by atoms with Crippen LogP contribution < -0.4 is 0 Å². The minimum atomic E-state index is 0.0385. The molecule has 1 amide bonds. The zero-order chi connectivity index (χ0) is 14.8. The van der Waals surface area contributed by atoms with Crippen LogP contribution in [0.5, 0.6) is 0 Å². The van der Waals surface area contributed by atoms with E-state index >= 15 is 0 Å². The van der Waals surface area contributed by atoms with E-state index in [1.54, 1.807) is 24.3 Å². The molecule has 112 valence electrons. The number of carbonyl (C=O) groups excluding carboxylic acids is 2. The zero-order valence-corrected chi connectivity index (χ0v) is 12.8. The molecule has 0 spiro atoms. The van der Waals surface area contributed by atoms with Crippen LogP contribution in [-0.4, -0.2) is 29.7 Å². The number of halogens is 1. The summed E-state index contributed by atoms with van der Waals surface area (Å²) in [7, 11) is 0. The second-order valence-corrected chi connectivity index (χ2v) is 6.53. The Labute approximate surface area is 130 Å². The maximum absolute atomic E-state index is 12.4. The highest BCUT2D eigenvalue weighted by molar-refractivity contribution is 6.30. The SMILES string of the molecule is O=C(c1ccc(Cl)cc1)C1CCN(C(=O)C2CCC2)CC1. The van der Waals surface area contributed by atoms with Crippen molar-refractivity contribution in [2.75, 3.05) is 13.1 Å². The number of likely N-dealkylation sites (tertiary alicyclic amines) is 1. The molecule has 2 fully saturated rings. The molecule has 1 saturated heterocycles. The predicted octanol–water partition coefficient (Wildman–Crippen LogP) is 3.56. The highest BCUT2D eigenvalue weighted by Gasteiger charge is 2.33. The fourth-order valence-corrected chi connectivity index (χ4v) is 3.25. The topological polar surface area (TPSA) is 37.4 Å². The van der Waals surface area contributed by atoms with Gasteiger partial charge in [0.05, 0.1) is 0 Å². The Morgan fingerprint density at radius 2 is 1.57 bits per heavy atom. The summed E-state index contributed by atoms with van der Waals surface area (Å²) >= 11 is 5.85. The quantitative estimate of drug-likeness (QED) is 0.801. The van der Waals surface area contributed by atoms with Crippen molar-refractivity contribution in [3.05, 3.63) is 34.9 Å². The molecule has 3 rings (SSSR count). The van der Waals surface area contributed by atoms with E-state index in [0.29, 0.717) is 10.9 Å². The number of hydrogen-bond donors (Lipinski definition) is 0. The molecule has 1 saturated carbocycles. The van der Waals surface area contributed by atoms with Crippen LogP contribution in [0, 0.1) is 11.8 Å². The van der Waals surface area contributed by atoms with Crippen LogP contribution >= 0.6 is 11.6 Å². The maximum Gasteiger partial charge on any atom is 0.225 e. The van der Waals surface area contributed by atoms with Crippen molar-refractivity contribution in [3.63, 3.8) is 0 Å². The number of rotatable bonds is 3. The van der Waals surface area contributed by atoms with E-state index in [1.165, 1.54) is 6.42 Å². The number of hydrogen-bond acceptors (Lipinski definition) is 2. The third-order valence-electron chi connectivity index (χ3n) is 4.76. The van der Waals surface area contributed by atoms with Gasteiger partial charge in [0.15, 0.2) is 5.78 Å². The van der Waals surface area contributed by atoms with E-state index in [9.17, 15) is 9.59 Å². The molecule has 0 N–H and O–H groups in total. The molecule has 1 heterocycles. The van der Waals surface area contributed by atoms with Crippen LogP contribution in [0.3, 0.4) is 0 Å². The Kier molecular flexibility index (Phi) is 4.29. The molecule has 2 aliphatic rings. The minimum absolute atomic E-state index is 0.0385. The molecule has 1 aliphatic heterocycles. The fourth-order valence-electron chi connectivity index (χ4n) is 3.13. The van der Waals surface area contributed by atoms with Crippen molar-refractivity contribution in [2.24, 2.45) is 11.8 Å². The van der Waals surface area contributed by atoms with E-state index in [4.69, 9.17) is 11.6 Å². The lowest BCUT2D eigenvalue weighted by molar-refractivity contribution is -0.139. The van der Waals surface area contributed by atoms with Gasteiger partial charge in [-0.25, -0.2) is 0 Å². The van der Waals surface area contributed by atoms with Gasteiger partial charge in [-0.1, -0.05) is 18.0 Å². The first-order chi connectivity index (χ1) is 10.1. The first kappa shape index (κ1) is 14.6. The van der Waals surface area contributed by atoms with E-state index in [-0.39, 0.29) is 17.6 Å². The standard InChI is InChI=1S/C17H20ClNO2/c18-15-6-4-12(5-7-15)16(20)13-8-10-19(11-9-13)17(21)14-2-1-3-14/h4-7,13-14H,1-3,8-11H2. The number of amides is 1. The summed E-state index contributed by atoms with van der Waals surface area (Å²) in [4.78, 5) is 26.6. The second kappa shape index (κ2) is 6.18. The third kappa shape index (κ3) is 3.13. The molecule has 0 radical (unpaired) electrons. The normalized spacial score (nSPS) is 20.1. The van der Waals surface area contributed by atoms with Crippen LogP contribution in [0.2, 0.25) is 5.02 Å². The Bertz CT molecular complexity index is 528. The summed E-state index contributed by atoms with van der Waals surface area (Å²) in [5.74, 6) is 0.784. The summed E-state index contributed by atoms with van der Waals surface area (Å²) in [5.41, 5.74) is 0.725. The van der Waals surface area contributed by atoms with Gasteiger partial charge in [-0.05, 0) is 49.9 Å². The number of benzene rings is 1. The predicted molar refractivity (Wildman–Crippen MR) is 82.4 cm³/mol. The molecular weight excluding hydrogens is 286 g/mol. The van der Waals surface area contributed by atoms with Crippen LogP contribution in [0.4, 0.5) is 0 Å². The second-order valence-electron chi connectivity index (χ2n) is 6.10. The molecular formula is C17H20ClNO2. The van der Waals surface area contributed by atoms with Crippen molar-refractivity contribution in [1.82, 2.24) is 4.90 Å². The molecule has 1 aliphatic carbocycles. The summed E-state index contributed by atoms with van der Waals surface area (Å²) in [6.07, 6.45) is 4.83. The lowest BCUT2D eigenvalue weighted by atomic mass is 9.83. The summed E-state index contributed by atoms with van der Waals surface area (Å²) < 4.78 is 0. The molecule has 0 unspecified atom stereocenters. The summed E-state index contributed by atoms with van der Waals surface area (Å²) in [5, 5.41) is 0.646. The smallest absolute Gasteiger partial charge is 0.225 e. The van der Waals surface area contributed by atoms with Gasteiger partial charge < -0.3 is 4.90 Å². The fraction of sp³-hybridized carbons (Fsp3) is 0.529. The van der Waals surface area contributed by atoms with Gasteiger partial charge >= 0.3 is 0 Å².